The summed E-state index contributed by atoms with van der Waals surface area (Å²) < 4.78 is 5.37. The maximum Gasteiger partial charge on any atom is 0.253 e. The Bertz CT molecular complexity index is 788. The molecule has 0 radical (unpaired) electrons. The third-order valence-electron chi connectivity index (χ3n) is 5.43. The molecule has 0 bridgehead atoms. The largest absolute Gasteiger partial charge is 0.389 e. The van der Waals surface area contributed by atoms with Gasteiger partial charge in [0.25, 0.3) is 5.91 Å². The minimum absolute atomic E-state index is 0.0379. The smallest absolute Gasteiger partial charge is 0.253 e. The number of rotatable bonds is 2. The normalized spacial score (nSPS) is 27.6. The molecule has 4 rings (SSSR count). The molecule has 0 saturated carbocycles. The standard InChI is InChI=1S/C20H24N2O4/c23-18-13-26-12-17(19(18)24)21-7-9-22(10-8-21)20(25)16-6-5-14-3-1-2-4-15(14)11-16/h1-6,11,17-19,23-24H,7-10,12-13H2/t17-,18-,19+/m1/s1. The van der Waals surface area contributed by atoms with E-state index < -0.39 is 12.2 Å². The van der Waals surface area contributed by atoms with Gasteiger partial charge in [-0.15, -0.1) is 0 Å². The van der Waals surface area contributed by atoms with Crippen LogP contribution in [0.5, 0.6) is 0 Å². The Morgan fingerprint density at radius 2 is 1.69 bits per heavy atom. The fourth-order valence-corrected chi connectivity index (χ4v) is 3.85. The van der Waals surface area contributed by atoms with Crippen molar-refractivity contribution in [1.29, 1.82) is 0 Å². The number of benzene rings is 2. The molecule has 2 aliphatic rings. The van der Waals surface area contributed by atoms with Gasteiger partial charge >= 0.3 is 0 Å². The van der Waals surface area contributed by atoms with Crippen LogP contribution in [0.1, 0.15) is 10.4 Å². The molecular weight excluding hydrogens is 332 g/mol. The Labute approximate surface area is 152 Å². The third kappa shape index (κ3) is 3.33. The zero-order valence-corrected chi connectivity index (χ0v) is 14.6. The summed E-state index contributed by atoms with van der Waals surface area (Å²) in [5.74, 6) is 0.0379. The highest BCUT2D eigenvalue weighted by Crippen LogP contribution is 2.20. The van der Waals surface area contributed by atoms with E-state index in [0.717, 1.165) is 10.8 Å². The molecule has 2 aromatic carbocycles. The molecule has 0 unspecified atom stereocenters. The van der Waals surface area contributed by atoms with E-state index in [0.29, 0.717) is 38.3 Å². The molecule has 2 heterocycles. The van der Waals surface area contributed by atoms with Crippen molar-refractivity contribution in [2.45, 2.75) is 18.2 Å². The summed E-state index contributed by atoms with van der Waals surface area (Å²) in [7, 11) is 0. The van der Waals surface area contributed by atoms with Gasteiger partial charge in [-0.05, 0) is 22.9 Å². The number of carbonyl (C=O) groups is 1. The topological polar surface area (TPSA) is 73.2 Å². The summed E-state index contributed by atoms with van der Waals surface area (Å²) in [5.41, 5.74) is 0.702. The van der Waals surface area contributed by atoms with E-state index in [1.54, 1.807) is 0 Å². The van der Waals surface area contributed by atoms with Gasteiger partial charge < -0.3 is 19.8 Å². The quantitative estimate of drug-likeness (QED) is 0.830. The first-order chi connectivity index (χ1) is 12.6. The lowest BCUT2D eigenvalue weighted by Crippen LogP contribution is -2.60. The van der Waals surface area contributed by atoms with Crippen LogP contribution in [0.2, 0.25) is 0 Å². The first-order valence-corrected chi connectivity index (χ1v) is 9.09. The lowest BCUT2D eigenvalue weighted by molar-refractivity contribution is -0.136. The minimum Gasteiger partial charge on any atom is -0.389 e. The van der Waals surface area contributed by atoms with E-state index in [2.05, 4.69) is 4.90 Å². The zero-order chi connectivity index (χ0) is 18.1. The molecule has 0 aliphatic carbocycles. The van der Waals surface area contributed by atoms with Crippen LogP contribution in [-0.2, 0) is 4.74 Å². The molecule has 6 heteroatoms. The van der Waals surface area contributed by atoms with Crippen molar-refractivity contribution in [3.05, 3.63) is 48.0 Å². The molecule has 3 atom stereocenters. The van der Waals surface area contributed by atoms with Crippen LogP contribution in [0.4, 0.5) is 0 Å². The van der Waals surface area contributed by atoms with Gasteiger partial charge in [0.2, 0.25) is 0 Å². The average Bonchev–Trinajstić information content (AvgIpc) is 2.69. The lowest BCUT2D eigenvalue weighted by Gasteiger charge is -2.43. The van der Waals surface area contributed by atoms with Gasteiger partial charge in [0.15, 0.2) is 0 Å². The highest BCUT2D eigenvalue weighted by atomic mass is 16.5. The number of hydrogen-bond donors (Lipinski definition) is 2. The second kappa shape index (κ2) is 7.32. The SMILES string of the molecule is O=C(c1ccc2ccccc2c1)N1CCN([C@@H]2COC[C@@H](O)[C@H]2O)CC1. The van der Waals surface area contributed by atoms with Crippen molar-refractivity contribution in [1.82, 2.24) is 9.80 Å². The van der Waals surface area contributed by atoms with Crippen LogP contribution in [0.15, 0.2) is 42.5 Å². The van der Waals surface area contributed by atoms with Crippen LogP contribution in [0, 0.1) is 0 Å². The van der Waals surface area contributed by atoms with Crippen LogP contribution < -0.4 is 0 Å². The molecule has 138 valence electrons. The Hall–Kier alpha value is -1.99. The van der Waals surface area contributed by atoms with Crippen molar-refractivity contribution < 1.29 is 19.7 Å². The number of hydrogen-bond acceptors (Lipinski definition) is 5. The Morgan fingerprint density at radius 3 is 2.46 bits per heavy atom. The maximum absolute atomic E-state index is 12.8. The molecule has 1 amide bonds. The highest BCUT2D eigenvalue weighted by Gasteiger charge is 2.37. The first kappa shape index (κ1) is 17.4. The van der Waals surface area contributed by atoms with E-state index in [9.17, 15) is 15.0 Å². The van der Waals surface area contributed by atoms with Crippen LogP contribution in [0.3, 0.4) is 0 Å². The van der Waals surface area contributed by atoms with E-state index >= 15 is 0 Å². The number of ether oxygens (including phenoxy) is 1. The van der Waals surface area contributed by atoms with Crippen molar-refractivity contribution >= 4 is 16.7 Å². The molecule has 0 spiro atoms. The second-order valence-electron chi connectivity index (χ2n) is 7.05. The molecule has 2 aromatic rings. The van der Waals surface area contributed by atoms with Crippen LogP contribution in [-0.4, -0.2) is 83.6 Å². The fraction of sp³-hybridized carbons (Fsp3) is 0.450. The number of fused-ring (bicyclic) bond motifs is 1. The highest BCUT2D eigenvalue weighted by molar-refractivity contribution is 5.98. The molecule has 0 aromatic heterocycles. The number of carbonyl (C=O) groups excluding carboxylic acids is 1. The summed E-state index contributed by atoms with van der Waals surface area (Å²) in [6.45, 7) is 3.12. The molecule has 2 saturated heterocycles. The lowest BCUT2D eigenvalue weighted by atomic mass is 10.0. The molecule has 2 aliphatic heterocycles. The summed E-state index contributed by atoms with van der Waals surface area (Å²) >= 11 is 0. The maximum atomic E-state index is 12.8. The number of amides is 1. The molecule has 26 heavy (non-hydrogen) atoms. The summed E-state index contributed by atoms with van der Waals surface area (Å²) in [6.07, 6.45) is -1.64. The second-order valence-corrected chi connectivity index (χ2v) is 7.05. The Balaban J connectivity index is 1.41. The Kier molecular flexibility index (Phi) is 4.91. The first-order valence-electron chi connectivity index (χ1n) is 9.09. The number of aliphatic hydroxyl groups excluding tert-OH is 2. The number of piperazine rings is 1. The zero-order valence-electron chi connectivity index (χ0n) is 14.6. The summed E-state index contributed by atoms with van der Waals surface area (Å²) in [4.78, 5) is 16.8. The van der Waals surface area contributed by atoms with Gasteiger partial charge in [0.05, 0.1) is 25.4 Å². The van der Waals surface area contributed by atoms with E-state index in [1.807, 2.05) is 47.4 Å². The van der Waals surface area contributed by atoms with Gasteiger partial charge in [-0.25, -0.2) is 0 Å². The summed E-state index contributed by atoms with van der Waals surface area (Å²) in [5, 5.41) is 22.2. The van der Waals surface area contributed by atoms with Gasteiger partial charge in [0, 0.05) is 31.7 Å². The van der Waals surface area contributed by atoms with Crippen molar-refractivity contribution in [3.8, 4) is 0 Å². The van der Waals surface area contributed by atoms with Crippen LogP contribution in [0.25, 0.3) is 10.8 Å². The van der Waals surface area contributed by atoms with Crippen molar-refractivity contribution in [2.24, 2.45) is 0 Å². The third-order valence-corrected chi connectivity index (χ3v) is 5.43. The van der Waals surface area contributed by atoms with Gasteiger partial charge in [-0.1, -0.05) is 30.3 Å². The molecule has 2 N–H and O–H groups in total. The van der Waals surface area contributed by atoms with Gasteiger partial charge in [0.1, 0.15) is 6.10 Å². The average molecular weight is 356 g/mol. The molecular formula is C20H24N2O4. The number of aliphatic hydroxyl groups is 2. The van der Waals surface area contributed by atoms with E-state index in [4.69, 9.17) is 4.74 Å². The molecule has 6 nitrogen and oxygen atoms in total. The predicted molar refractivity (Wildman–Crippen MR) is 98.0 cm³/mol. The van der Waals surface area contributed by atoms with Gasteiger partial charge in [-0.3, -0.25) is 9.69 Å². The Morgan fingerprint density at radius 1 is 0.962 bits per heavy atom. The van der Waals surface area contributed by atoms with Gasteiger partial charge in [-0.2, -0.15) is 0 Å². The van der Waals surface area contributed by atoms with E-state index in [-0.39, 0.29) is 18.6 Å². The monoisotopic (exact) mass is 356 g/mol. The summed E-state index contributed by atoms with van der Waals surface area (Å²) in [6, 6.07) is 13.6. The minimum atomic E-state index is -0.842. The molecule has 2 fully saturated rings. The van der Waals surface area contributed by atoms with Crippen molar-refractivity contribution in [3.63, 3.8) is 0 Å². The number of nitrogens with zero attached hydrogens (tertiary/aromatic N) is 2. The predicted octanol–water partition coefficient (Wildman–Crippen LogP) is 0.718. The van der Waals surface area contributed by atoms with Crippen molar-refractivity contribution in [2.75, 3.05) is 39.4 Å². The van der Waals surface area contributed by atoms with E-state index in [1.165, 1.54) is 0 Å². The fourth-order valence-electron chi connectivity index (χ4n) is 3.85. The van der Waals surface area contributed by atoms with Crippen LogP contribution >= 0.6 is 0 Å².